The molecule has 0 unspecified atom stereocenters. The number of carbonyl (C=O) groups is 1. The molecule has 0 atom stereocenters. The molecule has 11 heteroatoms. The summed E-state index contributed by atoms with van der Waals surface area (Å²) in [7, 11) is 3.04. The molecule has 1 aromatic carbocycles. The minimum atomic E-state index is -0.204. The zero-order chi connectivity index (χ0) is 23.1. The van der Waals surface area contributed by atoms with Gasteiger partial charge in [-0.1, -0.05) is 48.5 Å². The zero-order valence-electron chi connectivity index (χ0n) is 18.5. The van der Waals surface area contributed by atoms with E-state index < -0.39 is 0 Å². The second-order valence-electron chi connectivity index (χ2n) is 6.84. The van der Waals surface area contributed by atoms with E-state index >= 15 is 0 Å². The lowest BCUT2D eigenvalue weighted by molar-refractivity contribution is -0.113. The van der Waals surface area contributed by atoms with Crippen molar-refractivity contribution in [2.45, 2.75) is 31.7 Å². The fourth-order valence-corrected chi connectivity index (χ4v) is 5.26. The average molecular weight is 496 g/mol. The number of aromatic nitrogens is 3. The molecule has 0 radical (unpaired) electrons. The number of anilines is 2. The van der Waals surface area contributed by atoms with Crippen LogP contribution in [0.15, 0.2) is 23.5 Å². The number of amides is 1. The van der Waals surface area contributed by atoms with Gasteiger partial charge in [-0.2, -0.15) is 4.98 Å². The van der Waals surface area contributed by atoms with Gasteiger partial charge in [0, 0.05) is 19.2 Å². The third kappa shape index (κ3) is 5.73. The van der Waals surface area contributed by atoms with Crippen molar-refractivity contribution in [1.82, 2.24) is 15.0 Å². The molecular weight excluding hydrogens is 470 g/mol. The average Bonchev–Trinajstić information content (AvgIpc) is 3.22. The molecular formula is C21H26ClN5O3S2. The Morgan fingerprint density at radius 2 is 1.88 bits per heavy atom. The Labute approximate surface area is 200 Å². The first-order valence-corrected chi connectivity index (χ1v) is 12.4. The second kappa shape index (κ2) is 11.5. The molecule has 172 valence electrons. The molecule has 0 aliphatic heterocycles. The van der Waals surface area contributed by atoms with Gasteiger partial charge in [-0.05, 0) is 18.9 Å². The van der Waals surface area contributed by atoms with E-state index in [1.54, 1.807) is 23.5 Å². The highest BCUT2D eigenvalue weighted by molar-refractivity contribution is 8.00. The number of carbonyl (C=O) groups excluding carboxylic acids is 1. The van der Waals surface area contributed by atoms with Crippen LogP contribution < -0.4 is 19.7 Å². The largest absolute Gasteiger partial charge is 0.495 e. The molecule has 3 aromatic rings. The standard InChI is InChI=1S/C21H26ClN5O3S2/c1-5-7-27(8-6-2)21-26-19-18(32-21)20(24-12-23-19)31-11-17(28)25-14-9-13(22)15(29-3)10-16(14)30-4/h9-10,12H,5-8,11H2,1-4H3,(H,25,28). The molecule has 1 N–H and O–H groups in total. The Morgan fingerprint density at radius 1 is 1.16 bits per heavy atom. The predicted octanol–water partition coefficient (Wildman–Crippen LogP) is 5.11. The number of nitrogens with zero attached hydrogens (tertiary/aromatic N) is 4. The van der Waals surface area contributed by atoms with E-state index in [0.717, 1.165) is 40.8 Å². The number of thiazole rings is 1. The van der Waals surface area contributed by atoms with Crippen molar-refractivity contribution in [3.05, 3.63) is 23.5 Å². The van der Waals surface area contributed by atoms with Gasteiger partial charge in [-0.3, -0.25) is 4.79 Å². The van der Waals surface area contributed by atoms with Crippen LogP contribution in [0.3, 0.4) is 0 Å². The monoisotopic (exact) mass is 495 g/mol. The van der Waals surface area contributed by atoms with E-state index in [2.05, 4.69) is 34.0 Å². The van der Waals surface area contributed by atoms with Crippen molar-refractivity contribution < 1.29 is 14.3 Å². The van der Waals surface area contributed by atoms with Crippen molar-refractivity contribution in [1.29, 1.82) is 0 Å². The van der Waals surface area contributed by atoms with Gasteiger partial charge in [-0.15, -0.1) is 0 Å². The van der Waals surface area contributed by atoms with E-state index in [1.165, 1.54) is 32.3 Å². The van der Waals surface area contributed by atoms with Gasteiger partial charge in [0.15, 0.2) is 10.8 Å². The summed E-state index contributed by atoms with van der Waals surface area (Å²) < 4.78 is 11.4. The SMILES string of the molecule is CCCN(CCC)c1nc2ncnc(SCC(=O)Nc3cc(Cl)c(OC)cc3OC)c2s1. The van der Waals surface area contributed by atoms with Crippen molar-refractivity contribution in [2.75, 3.05) is 43.3 Å². The predicted molar refractivity (Wildman–Crippen MR) is 132 cm³/mol. The van der Waals surface area contributed by atoms with Crippen LogP contribution in [-0.4, -0.2) is 53.9 Å². The Bertz CT molecular complexity index is 1070. The molecule has 0 aliphatic rings. The molecule has 2 heterocycles. The summed E-state index contributed by atoms with van der Waals surface area (Å²) in [6, 6.07) is 3.24. The van der Waals surface area contributed by atoms with Crippen LogP contribution in [0.4, 0.5) is 10.8 Å². The van der Waals surface area contributed by atoms with E-state index in [4.69, 9.17) is 26.1 Å². The van der Waals surface area contributed by atoms with Crippen LogP contribution in [0.5, 0.6) is 11.5 Å². The molecule has 0 aliphatic carbocycles. The smallest absolute Gasteiger partial charge is 0.234 e. The highest BCUT2D eigenvalue weighted by atomic mass is 35.5. The molecule has 0 fully saturated rings. The quantitative estimate of drug-likeness (QED) is 0.290. The Morgan fingerprint density at radius 3 is 2.53 bits per heavy atom. The molecule has 3 rings (SSSR count). The number of benzene rings is 1. The number of nitrogens with one attached hydrogen (secondary N) is 1. The number of thioether (sulfide) groups is 1. The Kier molecular flexibility index (Phi) is 8.77. The van der Waals surface area contributed by atoms with E-state index in [0.29, 0.717) is 27.9 Å². The summed E-state index contributed by atoms with van der Waals surface area (Å²) in [5, 5.41) is 4.90. The number of halogens is 1. The van der Waals surface area contributed by atoms with E-state index in [1.807, 2.05) is 0 Å². The summed E-state index contributed by atoms with van der Waals surface area (Å²) in [5.41, 5.74) is 1.13. The molecule has 1 amide bonds. The zero-order valence-corrected chi connectivity index (χ0v) is 20.9. The summed E-state index contributed by atoms with van der Waals surface area (Å²) in [6.07, 6.45) is 3.58. The number of hydrogen-bond donors (Lipinski definition) is 1. The fraction of sp³-hybridized carbons (Fsp3) is 0.429. The summed E-state index contributed by atoms with van der Waals surface area (Å²) in [6.45, 7) is 6.19. The van der Waals surface area contributed by atoms with Crippen LogP contribution in [0, 0.1) is 0 Å². The van der Waals surface area contributed by atoms with Crippen LogP contribution >= 0.6 is 34.7 Å². The second-order valence-corrected chi connectivity index (χ2v) is 9.19. The lowest BCUT2D eigenvalue weighted by Gasteiger charge is -2.19. The minimum Gasteiger partial charge on any atom is -0.495 e. The van der Waals surface area contributed by atoms with Gasteiger partial charge >= 0.3 is 0 Å². The van der Waals surface area contributed by atoms with Crippen LogP contribution in [-0.2, 0) is 4.79 Å². The number of ether oxygens (including phenoxy) is 2. The number of hydrogen-bond acceptors (Lipinski definition) is 9. The number of fused-ring (bicyclic) bond motifs is 1. The highest BCUT2D eigenvalue weighted by Gasteiger charge is 2.17. The lowest BCUT2D eigenvalue weighted by Crippen LogP contribution is -2.24. The lowest BCUT2D eigenvalue weighted by atomic mass is 10.2. The number of methoxy groups -OCH3 is 2. The highest BCUT2D eigenvalue weighted by Crippen LogP contribution is 2.37. The van der Waals surface area contributed by atoms with E-state index in [-0.39, 0.29) is 11.7 Å². The fourth-order valence-electron chi connectivity index (χ4n) is 3.08. The molecule has 0 spiro atoms. The molecule has 32 heavy (non-hydrogen) atoms. The first kappa shape index (κ1) is 24.3. The topological polar surface area (TPSA) is 89.5 Å². The van der Waals surface area contributed by atoms with Crippen LogP contribution in [0.25, 0.3) is 10.3 Å². The molecule has 0 bridgehead atoms. The van der Waals surface area contributed by atoms with Gasteiger partial charge in [0.25, 0.3) is 0 Å². The van der Waals surface area contributed by atoms with Gasteiger partial charge in [0.05, 0.1) is 30.7 Å². The molecule has 2 aromatic heterocycles. The van der Waals surface area contributed by atoms with Crippen molar-refractivity contribution in [3.8, 4) is 11.5 Å². The minimum absolute atomic E-state index is 0.166. The summed E-state index contributed by atoms with van der Waals surface area (Å²) in [5.74, 6) is 0.901. The maximum Gasteiger partial charge on any atom is 0.234 e. The van der Waals surface area contributed by atoms with Gasteiger partial charge in [-0.25, -0.2) is 9.97 Å². The van der Waals surface area contributed by atoms with Gasteiger partial charge in [0.1, 0.15) is 27.6 Å². The van der Waals surface area contributed by atoms with Crippen molar-refractivity contribution in [3.63, 3.8) is 0 Å². The van der Waals surface area contributed by atoms with Gasteiger partial charge < -0.3 is 19.7 Å². The number of rotatable bonds is 11. The molecule has 0 saturated heterocycles. The Hall–Kier alpha value is -2.30. The van der Waals surface area contributed by atoms with Crippen molar-refractivity contribution in [2.24, 2.45) is 0 Å². The molecule has 8 nitrogen and oxygen atoms in total. The van der Waals surface area contributed by atoms with Crippen LogP contribution in [0.1, 0.15) is 26.7 Å². The summed E-state index contributed by atoms with van der Waals surface area (Å²) >= 11 is 9.10. The summed E-state index contributed by atoms with van der Waals surface area (Å²) in [4.78, 5) is 28.3. The van der Waals surface area contributed by atoms with Crippen LogP contribution in [0.2, 0.25) is 5.02 Å². The first-order chi connectivity index (χ1) is 15.5. The molecule has 0 saturated carbocycles. The maximum absolute atomic E-state index is 12.6. The van der Waals surface area contributed by atoms with Gasteiger partial charge in [0.2, 0.25) is 5.91 Å². The van der Waals surface area contributed by atoms with E-state index in [9.17, 15) is 4.79 Å². The third-order valence-corrected chi connectivity index (χ3v) is 7.02. The third-order valence-electron chi connectivity index (χ3n) is 4.49. The normalized spacial score (nSPS) is 10.9. The maximum atomic E-state index is 12.6. The Balaban J connectivity index is 1.73. The van der Waals surface area contributed by atoms with Crippen molar-refractivity contribution >= 4 is 61.8 Å². The first-order valence-electron chi connectivity index (χ1n) is 10.2.